The van der Waals surface area contributed by atoms with Crippen molar-refractivity contribution in [1.82, 2.24) is 20.4 Å². The van der Waals surface area contributed by atoms with Gasteiger partial charge in [0.2, 0.25) is 0 Å². The predicted molar refractivity (Wildman–Crippen MR) is 111 cm³/mol. The molecule has 1 fully saturated rings. The van der Waals surface area contributed by atoms with E-state index >= 15 is 0 Å². The van der Waals surface area contributed by atoms with E-state index in [4.69, 9.17) is 4.74 Å². The summed E-state index contributed by atoms with van der Waals surface area (Å²) in [6.07, 6.45) is 4.64. The number of anilines is 1. The number of nitrogens with one attached hydrogen (secondary N) is 3. The van der Waals surface area contributed by atoms with Crippen molar-refractivity contribution in [3.63, 3.8) is 0 Å². The molecule has 1 aliphatic rings. The first kappa shape index (κ1) is 22.8. The minimum absolute atomic E-state index is 0.0226. The molecule has 1 heterocycles. The van der Waals surface area contributed by atoms with E-state index in [0.717, 1.165) is 44.4 Å². The Balaban J connectivity index is 1.54. The van der Waals surface area contributed by atoms with Crippen molar-refractivity contribution < 1.29 is 23.1 Å². The van der Waals surface area contributed by atoms with E-state index in [2.05, 4.69) is 25.7 Å². The highest BCUT2D eigenvalue weighted by Gasteiger charge is 2.26. The molecule has 3 N–H and O–H groups in total. The first-order valence-electron chi connectivity index (χ1n) is 10.2. The number of hydrogen-bond acceptors (Lipinski definition) is 5. The molecule has 0 aliphatic heterocycles. The van der Waals surface area contributed by atoms with Gasteiger partial charge in [-0.15, -0.1) is 0 Å². The predicted octanol–water partition coefficient (Wildman–Crippen LogP) is 2.56. The summed E-state index contributed by atoms with van der Waals surface area (Å²) < 4.78 is 33.5. The summed E-state index contributed by atoms with van der Waals surface area (Å²) >= 11 is 0. The van der Waals surface area contributed by atoms with E-state index in [-0.39, 0.29) is 23.5 Å². The molecule has 168 valence electrons. The Hall–Kier alpha value is -2.85. The van der Waals surface area contributed by atoms with E-state index in [1.807, 2.05) is 14.1 Å². The number of amides is 2. The topological polar surface area (TPSA) is 99.3 Å². The first-order valence-corrected chi connectivity index (χ1v) is 10.2. The van der Waals surface area contributed by atoms with Gasteiger partial charge in [0.1, 0.15) is 22.9 Å². The van der Waals surface area contributed by atoms with Gasteiger partial charge >= 0.3 is 0 Å². The van der Waals surface area contributed by atoms with Crippen LogP contribution in [0, 0.1) is 11.6 Å². The molecule has 0 spiro atoms. The zero-order valence-corrected chi connectivity index (χ0v) is 17.6. The highest BCUT2D eigenvalue weighted by molar-refractivity contribution is 6.08. The number of aromatic nitrogens is 2. The van der Waals surface area contributed by atoms with Crippen LogP contribution < -0.4 is 10.6 Å². The number of nitrogens with zero attached hydrogens (tertiary/aromatic N) is 2. The highest BCUT2D eigenvalue weighted by Crippen LogP contribution is 2.22. The number of benzene rings is 1. The largest absolute Gasteiger partial charge is 0.377 e. The zero-order chi connectivity index (χ0) is 22.4. The van der Waals surface area contributed by atoms with E-state index < -0.39 is 29.0 Å². The molecule has 0 saturated heterocycles. The van der Waals surface area contributed by atoms with Gasteiger partial charge in [0, 0.05) is 12.6 Å². The van der Waals surface area contributed by atoms with Crippen molar-refractivity contribution in [1.29, 1.82) is 0 Å². The lowest BCUT2D eigenvalue weighted by Gasteiger charge is -2.29. The zero-order valence-electron chi connectivity index (χ0n) is 17.6. The quantitative estimate of drug-likeness (QED) is 0.592. The van der Waals surface area contributed by atoms with Crippen molar-refractivity contribution in [3.8, 4) is 0 Å². The first-order chi connectivity index (χ1) is 14.8. The fourth-order valence-electron chi connectivity index (χ4n) is 3.49. The minimum Gasteiger partial charge on any atom is -0.377 e. The number of hydrogen-bond donors (Lipinski definition) is 3. The number of H-pyrrole nitrogens is 1. The molecule has 0 bridgehead atoms. The molecular formula is C21H27F2N5O3. The molecule has 31 heavy (non-hydrogen) atoms. The molecule has 1 aromatic heterocycles. The van der Waals surface area contributed by atoms with Gasteiger partial charge in [0.05, 0.1) is 24.6 Å². The summed E-state index contributed by atoms with van der Waals surface area (Å²) in [6.45, 7) is 1.54. The number of carbonyl (C=O) groups excluding carboxylic acids is 2. The Morgan fingerprint density at radius 2 is 1.84 bits per heavy atom. The Bertz CT molecular complexity index is 890. The van der Waals surface area contributed by atoms with Crippen molar-refractivity contribution in [2.24, 2.45) is 0 Å². The standard InChI is InChI=1S/C21H27F2N5O3/c1-28(2)10-11-31-14-8-6-13(7-9-14)25-21(30)19-17(12-24-27-19)26-20(29)18-15(22)4-3-5-16(18)23/h3-5,12-14H,6-11H2,1-2H3,(H,24,27)(H,25,30)(H,26,29). The van der Waals surface area contributed by atoms with Gasteiger partial charge in [-0.2, -0.15) is 5.10 Å². The average molecular weight is 435 g/mol. The Labute approximate surface area is 179 Å². The molecule has 0 radical (unpaired) electrons. The van der Waals surface area contributed by atoms with Crippen LogP contribution in [0.3, 0.4) is 0 Å². The third kappa shape index (κ3) is 6.08. The third-order valence-corrected chi connectivity index (χ3v) is 5.21. The Kier molecular flexibility index (Phi) is 7.69. The van der Waals surface area contributed by atoms with Crippen LogP contribution in [0.1, 0.15) is 46.5 Å². The number of carbonyl (C=O) groups is 2. The highest BCUT2D eigenvalue weighted by atomic mass is 19.1. The molecular weight excluding hydrogens is 408 g/mol. The molecule has 0 unspecified atom stereocenters. The lowest BCUT2D eigenvalue weighted by molar-refractivity contribution is 0.0159. The summed E-state index contributed by atoms with van der Waals surface area (Å²) in [5, 5.41) is 11.6. The summed E-state index contributed by atoms with van der Waals surface area (Å²) in [5.41, 5.74) is -0.650. The summed E-state index contributed by atoms with van der Waals surface area (Å²) in [4.78, 5) is 27.0. The smallest absolute Gasteiger partial charge is 0.271 e. The Morgan fingerprint density at radius 1 is 1.16 bits per heavy atom. The molecule has 1 aliphatic carbocycles. The lowest BCUT2D eigenvalue weighted by Crippen LogP contribution is -2.39. The maximum atomic E-state index is 13.8. The van der Waals surface area contributed by atoms with Gasteiger partial charge in [-0.3, -0.25) is 14.7 Å². The fourth-order valence-corrected chi connectivity index (χ4v) is 3.49. The number of likely N-dealkylation sites (N-methyl/N-ethyl adjacent to an activating group) is 1. The summed E-state index contributed by atoms with van der Waals surface area (Å²) in [6, 6.07) is 3.11. The lowest BCUT2D eigenvalue weighted by atomic mass is 9.93. The van der Waals surface area contributed by atoms with Gasteiger partial charge in [-0.1, -0.05) is 6.07 Å². The van der Waals surface area contributed by atoms with Crippen LogP contribution in [0.2, 0.25) is 0 Å². The molecule has 0 atom stereocenters. The van der Waals surface area contributed by atoms with Crippen LogP contribution in [-0.4, -0.2) is 66.3 Å². The number of halogens is 2. The monoisotopic (exact) mass is 435 g/mol. The number of aromatic amines is 1. The van der Waals surface area contributed by atoms with Crippen LogP contribution in [0.4, 0.5) is 14.5 Å². The molecule has 2 amide bonds. The normalized spacial score (nSPS) is 18.7. The van der Waals surface area contributed by atoms with Crippen molar-refractivity contribution in [2.45, 2.75) is 37.8 Å². The van der Waals surface area contributed by atoms with Gasteiger partial charge in [0.25, 0.3) is 11.8 Å². The van der Waals surface area contributed by atoms with E-state index in [1.54, 1.807) is 0 Å². The Morgan fingerprint density at radius 3 is 2.48 bits per heavy atom. The van der Waals surface area contributed by atoms with Crippen LogP contribution in [0.25, 0.3) is 0 Å². The van der Waals surface area contributed by atoms with Gasteiger partial charge in [-0.25, -0.2) is 8.78 Å². The average Bonchev–Trinajstić information content (AvgIpc) is 3.17. The van der Waals surface area contributed by atoms with Crippen LogP contribution >= 0.6 is 0 Å². The molecule has 3 rings (SSSR count). The van der Waals surface area contributed by atoms with E-state index in [0.29, 0.717) is 6.61 Å². The summed E-state index contributed by atoms with van der Waals surface area (Å²) in [7, 11) is 3.99. The number of ether oxygens (including phenoxy) is 1. The maximum absolute atomic E-state index is 13.8. The molecule has 10 heteroatoms. The van der Waals surface area contributed by atoms with Crippen LogP contribution in [0.5, 0.6) is 0 Å². The molecule has 2 aromatic rings. The fraction of sp³-hybridized carbons (Fsp3) is 0.476. The van der Waals surface area contributed by atoms with Crippen LogP contribution in [-0.2, 0) is 4.74 Å². The molecule has 8 nitrogen and oxygen atoms in total. The second kappa shape index (κ2) is 10.5. The minimum atomic E-state index is -0.999. The van der Waals surface area contributed by atoms with Crippen molar-refractivity contribution in [2.75, 3.05) is 32.6 Å². The molecule has 1 saturated carbocycles. The second-order valence-electron chi connectivity index (χ2n) is 7.83. The van der Waals surface area contributed by atoms with E-state index in [9.17, 15) is 18.4 Å². The van der Waals surface area contributed by atoms with Gasteiger partial charge in [-0.05, 0) is 51.9 Å². The van der Waals surface area contributed by atoms with Crippen molar-refractivity contribution >= 4 is 17.5 Å². The third-order valence-electron chi connectivity index (χ3n) is 5.21. The van der Waals surface area contributed by atoms with Gasteiger partial charge in [0.15, 0.2) is 0 Å². The second-order valence-corrected chi connectivity index (χ2v) is 7.83. The SMILES string of the molecule is CN(C)CCOC1CCC(NC(=O)c2[nH]ncc2NC(=O)c2c(F)cccc2F)CC1. The molecule has 1 aromatic carbocycles. The van der Waals surface area contributed by atoms with Crippen LogP contribution in [0.15, 0.2) is 24.4 Å². The van der Waals surface area contributed by atoms with Gasteiger partial charge < -0.3 is 20.3 Å². The van der Waals surface area contributed by atoms with Crippen molar-refractivity contribution in [3.05, 3.63) is 47.3 Å². The maximum Gasteiger partial charge on any atom is 0.271 e. The van der Waals surface area contributed by atoms with E-state index in [1.165, 1.54) is 12.3 Å². The summed E-state index contributed by atoms with van der Waals surface area (Å²) in [5.74, 6) is -3.42. The number of rotatable bonds is 8.